The molecule has 1 aromatic heterocycles. The zero-order valence-electron chi connectivity index (χ0n) is 23.7. The summed E-state index contributed by atoms with van der Waals surface area (Å²) in [6.45, 7) is 17.0. The third kappa shape index (κ3) is 4.83. The first-order valence-electron chi connectivity index (χ1n) is 13.8. The minimum atomic E-state index is -0.528. The van der Waals surface area contributed by atoms with Gasteiger partial charge in [-0.25, -0.2) is 9.78 Å². The van der Waals surface area contributed by atoms with Gasteiger partial charge in [-0.1, -0.05) is 25.5 Å². The number of rotatable bonds is 4. The lowest BCUT2D eigenvalue weighted by atomic mass is 9.74. The highest BCUT2D eigenvalue weighted by atomic mass is 16.7. The summed E-state index contributed by atoms with van der Waals surface area (Å²) in [7, 11) is -0.352. The topological polar surface area (TPSA) is 76.7 Å². The van der Waals surface area contributed by atoms with Crippen molar-refractivity contribution in [3.8, 4) is 11.3 Å². The average molecular weight is 507 g/mol. The molecule has 0 spiro atoms. The van der Waals surface area contributed by atoms with Crippen LogP contribution in [0.3, 0.4) is 0 Å². The van der Waals surface area contributed by atoms with E-state index in [9.17, 15) is 4.79 Å². The van der Waals surface area contributed by atoms with Crippen molar-refractivity contribution in [1.29, 1.82) is 0 Å². The summed E-state index contributed by atoms with van der Waals surface area (Å²) >= 11 is 0. The molecule has 0 saturated carbocycles. The molecule has 1 amide bonds. The monoisotopic (exact) mass is 507 g/mol. The van der Waals surface area contributed by atoms with E-state index in [1.165, 1.54) is 16.7 Å². The van der Waals surface area contributed by atoms with Gasteiger partial charge in [0.2, 0.25) is 0 Å². The highest BCUT2D eigenvalue weighted by Gasteiger charge is 2.52. The molecule has 2 fully saturated rings. The molecule has 0 bridgehead atoms. The van der Waals surface area contributed by atoms with E-state index in [0.717, 1.165) is 49.1 Å². The first kappa shape index (κ1) is 26.3. The molecule has 2 atom stereocenters. The van der Waals surface area contributed by atoms with Crippen LogP contribution in [-0.4, -0.2) is 51.4 Å². The molecule has 2 saturated heterocycles. The van der Waals surface area contributed by atoms with Gasteiger partial charge in [-0.15, -0.1) is 0 Å². The molecule has 2 aromatic rings. The third-order valence-corrected chi connectivity index (χ3v) is 8.62. The van der Waals surface area contributed by atoms with Crippen molar-refractivity contribution >= 4 is 18.7 Å². The van der Waals surface area contributed by atoms with E-state index in [4.69, 9.17) is 19.0 Å². The van der Waals surface area contributed by atoms with E-state index in [-0.39, 0.29) is 30.5 Å². The van der Waals surface area contributed by atoms with Crippen LogP contribution in [0.1, 0.15) is 97.6 Å². The maximum absolute atomic E-state index is 13.0. The van der Waals surface area contributed by atoms with Crippen LogP contribution < -0.4 is 5.46 Å². The molecule has 3 heterocycles. The van der Waals surface area contributed by atoms with Crippen LogP contribution in [0.4, 0.5) is 4.79 Å². The number of imidazole rings is 1. The summed E-state index contributed by atoms with van der Waals surface area (Å²) in [5.41, 5.74) is 4.76. The number of carbonyl (C=O) groups excluding carboxylic acids is 1. The Hall–Kier alpha value is -2.32. The number of likely N-dealkylation sites (tertiary alicyclic amines) is 1. The minimum absolute atomic E-state index is 0.106. The number of H-pyrrole nitrogens is 1. The number of fused-ring (bicyclic) bond motifs is 1. The fourth-order valence-corrected chi connectivity index (χ4v) is 5.82. The van der Waals surface area contributed by atoms with Crippen LogP contribution in [0.15, 0.2) is 18.3 Å². The largest absolute Gasteiger partial charge is 0.495 e. The maximum atomic E-state index is 13.0. The minimum Gasteiger partial charge on any atom is -0.444 e. The van der Waals surface area contributed by atoms with Crippen molar-refractivity contribution in [3.05, 3.63) is 35.3 Å². The summed E-state index contributed by atoms with van der Waals surface area (Å²) in [6.07, 6.45) is 6.74. The number of benzene rings is 1. The summed E-state index contributed by atoms with van der Waals surface area (Å²) in [4.78, 5) is 23.3. The zero-order chi connectivity index (χ0) is 26.8. The van der Waals surface area contributed by atoms with Gasteiger partial charge < -0.3 is 19.0 Å². The Balaban J connectivity index is 1.43. The highest BCUT2D eigenvalue weighted by Crippen LogP contribution is 2.40. The molecule has 8 heteroatoms. The fraction of sp³-hybridized carbons (Fsp3) is 0.655. The van der Waals surface area contributed by atoms with Gasteiger partial charge in [0, 0.05) is 12.1 Å². The molecule has 37 heavy (non-hydrogen) atoms. The Kier molecular flexibility index (Phi) is 6.51. The number of aromatic amines is 1. The van der Waals surface area contributed by atoms with Crippen LogP contribution in [0.5, 0.6) is 0 Å². The summed E-state index contributed by atoms with van der Waals surface area (Å²) in [6, 6.07) is 4.24. The molecule has 0 unspecified atom stereocenters. The number of hydrogen-bond donors (Lipinski definition) is 1. The van der Waals surface area contributed by atoms with Crippen LogP contribution >= 0.6 is 0 Å². The first-order chi connectivity index (χ1) is 17.3. The van der Waals surface area contributed by atoms with Crippen LogP contribution in [-0.2, 0) is 26.9 Å². The van der Waals surface area contributed by atoms with Crippen molar-refractivity contribution in [2.24, 2.45) is 5.92 Å². The Morgan fingerprint density at radius 1 is 1.16 bits per heavy atom. The molecule has 7 nitrogen and oxygen atoms in total. The second kappa shape index (κ2) is 9.16. The van der Waals surface area contributed by atoms with Crippen LogP contribution in [0.2, 0.25) is 0 Å². The SMILES string of the molecule is CC[C@H]1C[C@@H](c2ncc(-c3ccc(B4OC(C)(C)C(C)(C)O4)c4c3CCC4)[nH]2)N(C(=O)OC(C)(C)C)C1. The lowest BCUT2D eigenvalue weighted by molar-refractivity contribution is 0.00578. The van der Waals surface area contributed by atoms with Crippen LogP contribution in [0.25, 0.3) is 11.3 Å². The molecule has 1 aliphatic carbocycles. The first-order valence-corrected chi connectivity index (χ1v) is 13.8. The Bertz CT molecular complexity index is 1170. The number of amides is 1. The molecule has 2 aliphatic heterocycles. The van der Waals surface area contributed by atoms with E-state index >= 15 is 0 Å². The Labute approximate surface area is 221 Å². The quantitative estimate of drug-likeness (QED) is 0.548. The van der Waals surface area contributed by atoms with Crippen molar-refractivity contribution in [3.63, 3.8) is 0 Å². The second-order valence-electron chi connectivity index (χ2n) is 12.9. The number of nitrogens with zero attached hydrogens (tertiary/aromatic N) is 2. The average Bonchev–Trinajstić information content (AvgIpc) is 3.57. The molecule has 3 aliphatic rings. The van der Waals surface area contributed by atoms with Gasteiger partial charge in [0.15, 0.2) is 0 Å². The third-order valence-electron chi connectivity index (χ3n) is 8.62. The molecule has 1 N–H and O–H groups in total. The molecular weight excluding hydrogens is 465 g/mol. The number of nitrogens with one attached hydrogen (secondary N) is 1. The number of hydrogen-bond acceptors (Lipinski definition) is 5. The number of aromatic nitrogens is 2. The van der Waals surface area contributed by atoms with Crippen molar-refractivity contribution in [1.82, 2.24) is 14.9 Å². The van der Waals surface area contributed by atoms with E-state index in [1.54, 1.807) is 0 Å². The van der Waals surface area contributed by atoms with E-state index in [0.29, 0.717) is 12.5 Å². The van der Waals surface area contributed by atoms with Crippen molar-refractivity contribution in [2.75, 3.05) is 6.54 Å². The molecule has 5 rings (SSSR count). The van der Waals surface area contributed by atoms with Crippen LogP contribution in [0, 0.1) is 5.92 Å². The smallest absolute Gasteiger partial charge is 0.444 e. The molecular formula is C29H42BN3O4. The Morgan fingerprint density at radius 2 is 1.84 bits per heavy atom. The maximum Gasteiger partial charge on any atom is 0.495 e. The van der Waals surface area contributed by atoms with Gasteiger partial charge in [0.1, 0.15) is 11.4 Å². The molecule has 200 valence electrons. The lowest BCUT2D eigenvalue weighted by Crippen LogP contribution is -2.41. The normalized spacial score (nSPS) is 24.5. The highest BCUT2D eigenvalue weighted by molar-refractivity contribution is 6.62. The Morgan fingerprint density at radius 3 is 2.49 bits per heavy atom. The molecule has 0 radical (unpaired) electrons. The summed E-state index contributed by atoms with van der Waals surface area (Å²) < 4.78 is 18.5. The molecule has 1 aromatic carbocycles. The summed E-state index contributed by atoms with van der Waals surface area (Å²) in [5, 5.41) is 0. The van der Waals surface area contributed by atoms with Gasteiger partial charge >= 0.3 is 13.2 Å². The number of carbonyl (C=O) groups is 1. The zero-order valence-corrected chi connectivity index (χ0v) is 23.7. The predicted octanol–water partition coefficient (Wildman–Crippen LogP) is 5.57. The van der Waals surface area contributed by atoms with E-state index in [2.05, 4.69) is 51.7 Å². The van der Waals surface area contributed by atoms with Crippen molar-refractivity contribution < 1.29 is 18.8 Å². The fourth-order valence-electron chi connectivity index (χ4n) is 5.82. The van der Waals surface area contributed by atoms with E-state index < -0.39 is 5.60 Å². The van der Waals surface area contributed by atoms with Gasteiger partial charge in [0.25, 0.3) is 0 Å². The lowest BCUT2D eigenvalue weighted by Gasteiger charge is -2.32. The second-order valence-corrected chi connectivity index (χ2v) is 12.9. The van der Waals surface area contributed by atoms with Gasteiger partial charge in [0.05, 0.1) is 29.1 Å². The van der Waals surface area contributed by atoms with E-state index in [1.807, 2.05) is 31.9 Å². The van der Waals surface area contributed by atoms with Gasteiger partial charge in [-0.2, -0.15) is 0 Å². The number of ether oxygens (including phenoxy) is 1. The summed E-state index contributed by atoms with van der Waals surface area (Å²) in [5.74, 6) is 1.27. The van der Waals surface area contributed by atoms with Gasteiger partial charge in [-0.05, 0) is 96.7 Å². The standard InChI is InChI=1S/C29H42BN3O4/c1-9-18-15-24(33(17-18)26(34)35-27(2,3)4)25-31-16-23(32-25)21-13-14-22(20-12-10-11-19(20)21)30-36-28(5,6)29(7,8)37-30/h13-14,16,18,24H,9-12,15,17H2,1-8H3,(H,31,32)/t18-,24-/m0/s1. The van der Waals surface area contributed by atoms with Crippen molar-refractivity contribution in [2.45, 2.75) is 110 Å². The van der Waals surface area contributed by atoms with Gasteiger partial charge in [-0.3, -0.25) is 4.90 Å². The predicted molar refractivity (Wildman–Crippen MR) is 146 cm³/mol.